The van der Waals surface area contributed by atoms with E-state index in [0.717, 1.165) is 10.7 Å². The zero-order valence-corrected chi connectivity index (χ0v) is 13.0. The molecule has 21 heavy (non-hydrogen) atoms. The first-order valence-corrected chi connectivity index (χ1v) is 7.52. The Morgan fingerprint density at radius 1 is 1.38 bits per heavy atom. The molecule has 2 heterocycles. The number of nitrogens with one attached hydrogen (secondary N) is 1. The van der Waals surface area contributed by atoms with Crippen LogP contribution >= 0.6 is 11.3 Å². The average molecular weight is 310 g/mol. The molecule has 114 valence electrons. The molecule has 0 aliphatic carbocycles. The number of rotatable bonds is 6. The first kappa shape index (κ1) is 15.5. The minimum atomic E-state index is -0.245. The Bertz CT molecular complexity index is 621. The van der Waals surface area contributed by atoms with Crippen molar-refractivity contribution < 1.29 is 9.90 Å². The van der Waals surface area contributed by atoms with Crippen LogP contribution in [0.15, 0.2) is 0 Å². The number of hydrogen-bond acceptors (Lipinski definition) is 7. The molecular weight excluding hydrogens is 292 g/mol. The third-order valence-corrected chi connectivity index (χ3v) is 4.02. The summed E-state index contributed by atoms with van der Waals surface area (Å²) in [4.78, 5) is 12.0. The zero-order chi connectivity index (χ0) is 15.4. The van der Waals surface area contributed by atoms with E-state index in [0.29, 0.717) is 17.2 Å². The van der Waals surface area contributed by atoms with Gasteiger partial charge in [0.25, 0.3) is 0 Å². The first-order valence-electron chi connectivity index (χ1n) is 6.70. The van der Waals surface area contributed by atoms with Gasteiger partial charge >= 0.3 is 0 Å². The highest BCUT2D eigenvalue weighted by atomic mass is 32.1. The number of carbonyl (C=O) groups excluding carboxylic acids is 1. The molecule has 0 fully saturated rings. The lowest BCUT2D eigenvalue weighted by molar-refractivity contribution is -0.117. The van der Waals surface area contributed by atoms with Crippen LogP contribution in [0, 0.1) is 0 Å². The number of carbonyl (C=O) groups is 1. The van der Waals surface area contributed by atoms with E-state index >= 15 is 0 Å². The second-order valence-corrected chi connectivity index (χ2v) is 5.81. The van der Waals surface area contributed by atoms with Crippen LogP contribution in [0.1, 0.15) is 43.1 Å². The summed E-state index contributed by atoms with van der Waals surface area (Å²) in [6.45, 7) is 5.81. The zero-order valence-electron chi connectivity index (χ0n) is 12.2. The van der Waals surface area contributed by atoms with Crippen LogP contribution in [0.5, 0.6) is 0 Å². The Morgan fingerprint density at radius 2 is 2.14 bits per heavy atom. The van der Waals surface area contributed by atoms with Gasteiger partial charge in [0.15, 0.2) is 0 Å². The quantitative estimate of drug-likeness (QED) is 0.822. The highest BCUT2D eigenvalue weighted by molar-refractivity contribution is 7.15. The van der Waals surface area contributed by atoms with Crippen molar-refractivity contribution in [2.24, 2.45) is 0 Å². The van der Waals surface area contributed by atoms with Crippen molar-refractivity contribution in [1.29, 1.82) is 0 Å². The molecule has 0 aliphatic heterocycles. The van der Waals surface area contributed by atoms with Gasteiger partial charge in [-0.2, -0.15) is 0 Å². The number of hydrogen-bond donors (Lipinski definition) is 2. The van der Waals surface area contributed by atoms with Crippen LogP contribution in [-0.4, -0.2) is 36.2 Å². The van der Waals surface area contributed by atoms with Crippen LogP contribution in [0.25, 0.3) is 0 Å². The summed E-state index contributed by atoms with van der Waals surface area (Å²) in [5, 5.41) is 28.9. The molecule has 0 saturated heterocycles. The molecule has 0 unspecified atom stereocenters. The van der Waals surface area contributed by atoms with Crippen molar-refractivity contribution >= 4 is 22.4 Å². The second-order valence-electron chi connectivity index (χ2n) is 4.80. The van der Waals surface area contributed by atoms with Crippen LogP contribution in [0.2, 0.25) is 0 Å². The number of amides is 1. The van der Waals surface area contributed by atoms with Gasteiger partial charge in [-0.3, -0.25) is 10.1 Å². The predicted molar refractivity (Wildman–Crippen MR) is 78.0 cm³/mol. The van der Waals surface area contributed by atoms with Crippen LogP contribution in [0.4, 0.5) is 5.13 Å². The fourth-order valence-electron chi connectivity index (χ4n) is 1.82. The summed E-state index contributed by atoms with van der Waals surface area (Å²) >= 11 is 1.36. The molecule has 0 spiro atoms. The number of aromatic nitrogens is 5. The highest BCUT2D eigenvalue weighted by Gasteiger charge is 2.15. The molecular formula is C12H18N6O2S. The third-order valence-electron chi connectivity index (χ3n) is 2.88. The van der Waals surface area contributed by atoms with E-state index in [1.807, 2.05) is 20.8 Å². The molecule has 2 rings (SSSR count). The maximum absolute atomic E-state index is 12.0. The molecule has 2 aromatic rings. The minimum absolute atomic E-state index is 0.0345. The van der Waals surface area contributed by atoms with Crippen LogP contribution in [-0.2, 0) is 24.4 Å². The number of nitrogens with zero attached hydrogens (tertiary/aromatic N) is 5. The van der Waals surface area contributed by atoms with Crippen molar-refractivity contribution in [3.63, 3.8) is 0 Å². The first-order chi connectivity index (χ1) is 10.0. The summed E-state index contributed by atoms with van der Waals surface area (Å²) in [6, 6.07) is 0. The Morgan fingerprint density at radius 3 is 2.71 bits per heavy atom. The second kappa shape index (κ2) is 6.72. The molecule has 0 atom stereocenters. The van der Waals surface area contributed by atoms with E-state index in [-0.39, 0.29) is 25.0 Å². The fraction of sp³-hybridized carbons (Fsp3) is 0.583. The summed E-state index contributed by atoms with van der Waals surface area (Å²) < 4.78 is 1.49. The topological polar surface area (TPSA) is 106 Å². The van der Waals surface area contributed by atoms with Crippen molar-refractivity contribution in [3.8, 4) is 0 Å². The van der Waals surface area contributed by atoms with Gasteiger partial charge in [-0.1, -0.05) is 37.3 Å². The van der Waals surface area contributed by atoms with Gasteiger partial charge in [0.05, 0.1) is 12.3 Å². The third kappa shape index (κ3) is 3.61. The molecule has 0 saturated carbocycles. The number of aliphatic hydroxyl groups is 1. The molecule has 0 radical (unpaired) electrons. The Hall–Kier alpha value is -1.87. The Kier molecular flexibility index (Phi) is 4.97. The molecule has 0 bridgehead atoms. The molecule has 2 N–H and O–H groups in total. The Balaban J connectivity index is 2.02. The molecule has 0 aromatic carbocycles. The summed E-state index contributed by atoms with van der Waals surface area (Å²) in [5.74, 6) is 0.0350. The number of anilines is 1. The lowest BCUT2D eigenvalue weighted by Gasteiger charge is -2.05. The molecule has 9 heteroatoms. The molecule has 2 aromatic heterocycles. The summed E-state index contributed by atoms with van der Waals surface area (Å²) in [5.41, 5.74) is 1.26. The average Bonchev–Trinajstić information content (AvgIpc) is 3.05. The van der Waals surface area contributed by atoms with E-state index in [2.05, 4.69) is 25.8 Å². The van der Waals surface area contributed by atoms with E-state index in [1.54, 1.807) is 0 Å². The van der Waals surface area contributed by atoms with Gasteiger partial charge < -0.3 is 5.11 Å². The maximum Gasteiger partial charge on any atom is 0.248 e. The van der Waals surface area contributed by atoms with Gasteiger partial charge in [-0.25, -0.2) is 4.68 Å². The fourth-order valence-corrected chi connectivity index (χ4v) is 2.58. The maximum atomic E-state index is 12.0. The molecule has 1 amide bonds. The molecule has 0 aliphatic rings. The minimum Gasteiger partial charge on any atom is -0.390 e. The van der Waals surface area contributed by atoms with Gasteiger partial charge in [-0.05, 0) is 6.42 Å². The normalized spacial score (nSPS) is 11.1. The summed E-state index contributed by atoms with van der Waals surface area (Å²) in [6.07, 6.45) is 0.645. The van der Waals surface area contributed by atoms with Crippen molar-refractivity contribution in [1.82, 2.24) is 25.2 Å². The van der Waals surface area contributed by atoms with Crippen molar-refractivity contribution in [2.75, 3.05) is 5.32 Å². The monoisotopic (exact) mass is 310 g/mol. The Labute approximate surface area is 126 Å². The lowest BCUT2D eigenvalue weighted by Crippen LogP contribution is -2.21. The largest absolute Gasteiger partial charge is 0.390 e. The van der Waals surface area contributed by atoms with Gasteiger partial charge in [0.2, 0.25) is 11.0 Å². The van der Waals surface area contributed by atoms with E-state index < -0.39 is 0 Å². The van der Waals surface area contributed by atoms with E-state index in [9.17, 15) is 4.79 Å². The number of aliphatic hydroxyl groups excluding tert-OH is 1. The van der Waals surface area contributed by atoms with Crippen molar-refractivity contribution in [2.45, 2.75) is 46.3 Å². The smallest absolute Gasteiger partial charge is 0.248 e. The molecule has 8 nitrogen and oxygen atoms in total. The van der Waals surface area contributed by atoms with E-state index in [1.165, 1.54) is 16.0 Å². The lowest BCUT2D eigenvalue weighted by atomic mass is 10.2. The standard InChI is InChI=1S/C12H18N6O2S/c1-4-9-8(6-19)14-17-18(9)5-10(20)13-12-16-15-11(21-12)7(2)3/h7,19H,4-6H2,1-3H3,(H,13,16,20). The SMILES string of the molecule is CCc1c(CO)nnn1CC(=O)Nc1nnc(C(C)C)s1. The highest BCUT2D eigenvalue weighted by Crippen LogP contribution is 2.22. The summed E-state index contributed by atoms with van der Waals surface area (Å²) in [7, 11) is 0. The predicted octanol–water partition coefficient (Wildman–Crippen LogP) is 0.946. The van der Waals surface area contributed by atoms with Crippen LogP contribution < -0.4 is 5.32 Å². The van der Waals surface area contributed by atoms with Gasteiger partial charge in [0.1, 0.15) is 17.2 Å². The van der Waals surface area contributed by atoms with Gasteiger partial charge in [-0.15, -0.1) is 15.3 Å². The van der Waals surface area contributed by atoms with Crippen molar-refractivity contribution in [3.05, 3.63) is 16.4 Å². The van der Waals surface area contributed by atoms with Gasteiger partial charge in [0, 0.05) is 5.92 Å². The van der Waals surface area contributed by atoms with Crippen LogP contribution in [0.3, 0.4) is 0 Å². The van der Waals surface area contributed by atoms with E-state index in [4.69, 9.17) is 5.11 Å².